The van der Waals surface area contributed by atoms with Crippen molar-refractivity contribution in [3.05, 3.63) is 24.0 Å². The average Bonchev–Trinajstić information content (AvgIpc) is 3.20. The standard InChI is InChI=1S/C15H18N2O3/c1-3-20-15(18)9-14-16-12-8-11(19-2)6-7-13(12)17(14)10-4-5-10/h6-8,10H,3-5,9H2,1-2H3. The molecule has 0 atom stereocenters. The number of esters is 1. The first-order chi connectivity index (χ1) is 9.72. The number of aromatic nitrogens is 2. The first-order valence-corrected chi connectivity index (χ1v) is 6.93. The highest BCUT2D eigenvalue weighted by atomic mass is 16.5. The van der Waals surface area contributed by atoms with Gasteiger partial charge in [-0.15, -0.1) is 0 Å². The van der Waals surface area contributed by atoms with Crippen LogP contribution in [0.15, 0.2) is 18.2 Å². The number of carbonyl (C=O) groups is 1. The summed E-state index contributed by atoms with van der Waals surface area (Å²) in [5.74, 6) is 1.34. The average molecular weight is 274 g/mol. The van der Waals surface area contributed by atoms with E-state index < -0.39 is 0 Å². The second kappa shape index (κ2) is 5.15. The number of hydrogen-bond donors (Lipinski definition) is 0. The predicted molar refractivity (Wildman–Crippen MR) is 74.9 cm³/mol. The summed E-state index contributed by atoms with van der Waals surface area (Å²) in [6, 6.07) is 6.31. The zero-order valence-corrected chi connectivity index (χ0v) is 11.8. The number of methoxy groups -OCH3 is 1. The number of rotatable bonds is 5. The number of benzene rings is 1. The van der Waals surface area contributed by atoms with Gasteiger partial charge >= 0.3 is 5.97 Å². The largest absolute Gasteiger partial charge is 0.497 e. The van der Waals surface area contributed by atoms with Crippen molar-refractivity contribution in [3.63, 3.8) is 0 Å². The topological polar surface area (TPSA) is 53.4 Å². The van der Waals surface area contributed by atoms with Crippen LogP contribution in [-0.2, 0) is 16.0 Å². The van der Waals surface area contributed by atoms with Crippen molar-refractivity contribution in [2.45, 2.75) is 32.2 Å². The minimum atomic E-state index is -0.225. The number of ether oxygens (including phenoxy) is 2. The fraction of sp³-hybridized carbons (Fsp3) is 0.467. The molecule has 106 valence electrons. The lowest BCUT2D eigenvalue weighted by Gasteiger charge is -2.07. The van der Waals surface area contributed by atoms with Crippen molar-refractivity contribution in [1.29, 1.82) is 0 Å². The SMILES string of the molecule is CCOC(=O)Cc1nc2cc(OC)ccc2n1C1CC1. The van der Waals surface area contributed by atoms with Gasteiger partial charge in [-0.2, -0.15) is 0 Å². The molecule has 0 unspecified atom stereocenters. The smallest absolute Gasteiger partial charge is 0.313 e. The lowest BCUT2D eigenvalue weighted by molar-refractivity contribution is -0.142. The van der Waals surface area contributed by atoms with E-state index in [-0.39, 0.29) is 12.4 Å². The molecule has 0 aliphatic heterocycles. The molecule has 1 aliphatic rings. The summed E-state index contributed by atoms with van der Waals surface area (Å²) >= 11 is 0. The maximum absolute atomic E-state index is 11.7. The first kappa shape index (κ1) is 13.0. The van der Waals surface area contributed by atoms with Crippen LogP contribution in [0, 0.1) is 0 Å². The molecular formula is C15H18N2O3. The Morgan fingerprint density at radius 1 is 1.45 bits per heavy atom. The van der Waals surface area contributed by atoms with Crippen LogP contribution in [0.1, 0.15) is 31.6 Å². The molecular weight excluding hydrogens is 256 g/mol. The molecule has 1 aliphatic carbocycles. The number of hydrogen-bond acceptors (Lipinski definition) is 4. The third-order valence-electron chi connectivity index (χ3n) is 3.49. The molecule has 1 fully saturated rings. The van der Waals surface area contributed by atoms with E-state index in [9.17, 15) is 4.79 Å². The van der Waals surface area contributed by atoms with Gasteiger partial charge in [0, 0.05) is 12.1 Å². The number of carbonyl (C=O) groups excluding carboxylic acids is 1. The summed E-state index contributed by atoms with van der Waals surface area (Å²) in [6.07, 6.45) is 2.52. The van der Waals surface area contributed by atoms with Crippen LogP contribution < -0.4 is 4.74 Å². The second-order valence-electron chi connectivity index (χ2n) is 4.97. The molecule has 1 heterocycles. The van der Waals surface area contributed by atoms with E-state index in [1.54, 1.807) is 7.11 Å². The van der Waals surface area contributed by atoms with Crippen LogP contribution in [0.2, 0.25) is 0 Å². The van der Waals surface area contributed by atoms with Gasteiger partial charge in [-0.05, 0) is 31.9 Å². The van der Waals surface area contributed by atoms with Crippen LogP contribution in [-0.4, -0.2) is 29.2 Å². The van der Waals surface area contributed by atoms with Crippen molar-refractivity contribution < 1.29 is 14.3 Å². The molecule has 0 spiro atoms. The molecule has 5 heteroatoms. The summed E-state index contributed by atoms with van der Waals surface area (Å²) in [6.45, 7) is 2.21. The third-order valence-corrected chi connectivity index (χ3v) is 3.49. The van der Waals surface area contributed by atoms with Gasteiger partial charge in [-0.3, -0.25) is 4.79 Å². The van der Waals surface area contributed by atoms with Gasteiger partial charge in [-0.25, -0.2) is 4.98 Å². The van der Waals surface area contributed by atoms with E-state index in [0.29, 0.717) is 12.6 Å². The normalized spacial score (nSPS) is 14.5. The van der Waals surface area contributed by atoms with Crippen molar-refractivity contribution in [2.75, 3.05) is 13.7 Å². The van der Waals surface area contributed by atoms with Gasteiger partial charge in [0.05, 0.1) is 24.8 Å². The van der Waals surface area contributed by atoms with Crippen LogP contribution >= 0.6 is 0 Å². The zero-order valence-electron chi connectivity index (χ0n) is 11.8. The van der Waals surface area contributed by atoms with Crippen molar-refractivity contribution in [1.82, 2.24) is 9.55 Å². The lowest BCUT2D eigenvalue weighted by Crippen LogP contribution is -2.12. The number of fused-ring (bicyclic) bond motifs is 1. The molecule has 0 amide bonds. The Kier molecular flexibility index (Phi) is 3.34. The fourth-order valence-corrected chi connectivity index (χ4v) is 2.46. The summed E-state index contributed by atoms with van der Waals surface area (Å²) in [5, 5.41) is 0. The molecule has 1 aromatic heterocycles. The fourth-order valence-electron chi connectivity index (χ4n) is 2.46. The van der Waals surface area contributed by atoms with E-state index in [1.165, 1.54) is 0 Å². The van der Waals surface area contributed by atoms with E-state index in [4.69, 9.17) is 9.47 Å². The molecule has 20 heavy (non-hydrogen) atoms. The van der Waals surface area contributed by atoms with E-state index in [0.717, 1.165) is 35.4 Å². The summed E-state index contributed by atoms with van der Waals surface area (Å²) < 4.78 is 12.4. The molecule has 1 saturated carbocycles. The number of nitrogens with zero attached hydrogens (tertiary/aromatic N) is 2. The molecule has 2 aromatic rings. The maximum atomic E-state index is 11.7. The summed E-state index contributed by atoms with van der Waals surface area (Å²) in [7, 11) is 1.64. The highest BCUT2D eigenvalue weighted by Gasteiger charge is 2.29. The lowest BCUT2D eigenvalue weighted by atomic mass is 10.3. The zero-order chi connectivity index (χ0) is 14.1. The number of imidazole rings is 1. The summed E-state index contributed by atoms with van der Waals surface area (Å²) in [5.41, 5.74) is 1.93. The Balaban J connectivity index is 2.01. The van der Waals surface area contributed by atoms with Crippen LogP contribution in [0.5, 0.6) is 5.75 Å². The Morgan fingerprint density at radius 3 is 2.90 bits per heavy atom. The third kappa shape index (κ3) is 2.35. The molecule has 0 radical (unpaired) electrons. The highest BCUT2D eigenvalue weighted by Crippen LogP contribution is 2.39. The molecule has 5 nitrogen and oxygen atoms in total. The van der Waals surface area contributed by atoms with Crippen LogP contribution in [0.25, 0.3) is 11.0 Å². The Labute approximate surface area is 117 Å². The van der Waals surface area contributed by atoms with E-state index >= 15 is 0 Å². The van der Waals surface area contributed by atoms with Crippen LogP contribution in [0.4, 0.5) is 0 Å². The van der Waals surface area contributed by atoms with Gasteiger partial charge in [0.2, 0.25) is 0 Å². The molecule has 0 bridgehead atoms. The van der Waals surface area contributed by atoms with Crippen molar-refractivity contribution in [2.24, 2.45) is 0 Å². The summed E-state index contributed by atoms with van der Waals surface area (Å²) in [4.78, 5) is 16.3. The minimum Gasteiger partial charge on any atom is -0.497 e. The second-order valence-corrected chi connectivity index (χ2v) is 4.97. The molecule has 0 saturated heterocycles. The Morgan fingerprint density at radius 2 is 2.25 bits per heavy atom. The predicted octanol–water partition coefficient (Wildman–Crippen LogP) is 2.49. The van der Waals surface area contributed by atoms with Gasteiger partial charge in [0.1, 0.15) is 18.0 Å². The molecule has 0 N–H and O–H groups in total. The Bertz CT molecular complexity index is 644. The van der Waals surface area contributed by atoms with Gasteiger partial charge < -0.3 is 14.0 Å². The quantitative estimate of drug-likeness (QED) is 0.786. The monoisotopic (exact) mass is 274 g/mol. The van der Waals surface area contributed by atoms with E-state index in [1.807, 2.05) is 25.1 Å². The van der Waals surface area contributed by atoms with Gasteiger partial charge in [0.15, 0.2) is 0 Å². The van der Waals surface area contributed by atoms with Gasteiger partial charge in [0.25, 0.3) is 0 Å². The maximum Gasteiger partial charge on any atom is 0.313 e. The Hall–Kier alpha value is -2.04. The highest BCUT2D eigenvalue weighted by molar-refractivity contribution is 5.80. The van der Waals surface area contributed by atoms with Gasteiger partial charge in [-0.1, -0.05) is 0 Å². The van der Waals surface area contributed by atoms with Crippen molar-refractivity contribution in [3.8, 4) is 5.75 Å². The minimum absolute atomic E-state index is 0.224. The molecule has 3 rings (SSSR count). The van der Waals surface area contributed by atoms with Crippen molar-refractivity contribution >= 4 is 17.0 Å². The first-order valence-electron chi connectivity index (χ1n) is 6.93. The van der Waals surface area contributed by atoms with Crippen LogP contribution in [0.3, 0.4) is 0 Å². The molecule has 1 aromatic carbocycles. The van der Waals surface area contributed by atoms with E-state index in [2.05, 4.69) is 9.55 Å².